The number of carbonyl (C=O) groups excluding carboxylic acids is 1. The molecule has 0 bridgehead atoms. The van der Waals surface area contributed by atoms with Crippen LogP contribution < -0.4 is 0 Å². The fraction of sp³-hybridized carbons (Fsp3) is 0.818. The Morgan fingerprint density at radius 1 is 1.40 bits per heavy atom. The standard InChI is InChI=1S/C11H16N2O2/c1-2-15-11(14)10(13-12)9-7-5-3-4-6-8(7)9/h7-9H,2-6H2,1H3/t7-,8-/m1/s1. The van der Waals surface area contributed by atoms with Gasteiger partial charge in [-0.25, -0.2) is 4.79 Å². The Morgan fingerprint density at radius 2 is 2.00 bits per heavy atom. The summed E-state index contributed by atoms with van der Waals surface area (Å²) < 4.78 is 4.87. The van der Waals surface area contributed by atoms with Crippen LogP contribution in [0.25, 0.3) is 5.53 Å². The Kier molecular flexibility index (Phi) is 2.87. The Hall–Kier alpha value is -1.15. The molecule has 0 saturated heterocycles. The maximum absolute atomic E-state index is 11.5. The van der Waals surface area contributed by atoms with E-state index in [1.165, 1.54) is 12.8 Å². The van der Waals surface area contributed by atoms with Crippen molar-refractivity contribution in [2.24, 2.45) is 17.8 Å². The van der Waals surface area contributed by atoms with E-state index < -0.39 is 5.97 Å². The molecule has 0 heterocycles. The van der Waals surface area contributed by atoms with E-state index in [1.807, 2.05) is 0 Å². The van der Waals surface area contributed by atoms with Gasteiger partial charge in [0.15, 0.2) is 0 Å². The molecule has 2 saturated carbocycles. The molecule has 0 aromatic rings. The van der Waals surface area contributed by atoms with E-state index in [9.17, 15) is 4.79 Å². The summed E-state index contributed by atoms with van der Waals surface area (Å²) in [6, 6.07) is 0. The zero-order valence-corrected chi connectivity index (χ0v) is 8.98. The molecule has 4 nitrogen and oxygen atoms in total. The van der Waals surface area contributed by atoms with Crippen molar-refractivity contribution in [3.05, 3.63) is 5.53 Å². The molecule has 2 fully saturated rings. The highest BCUT2D eigenvalue weighted by atomic mass is 16.5. The third kappa shape index (κ3) is 1.82. The SMILES string of the molecule is CCOC(=O)C(=[N+]=[N-])C1[C@@H]2CCCC[C@@H]12. The van der Waals surface area contributed by atoms with E-state index in [1.54, 1.807) is 6.92 Å². The minimum atomic E-state index is -0.445. The lowest BCUT2D eigenvalue weighted by atomic mass is 10.0. The van der Waals surface area contributed by atoms with Gasteiger partial charge in [-0.1, -0.05) is 12.8 Å². The van der Waals surface area contributed by atoms with Crippen LogP contribution in [0.3, 0.4) is 0 Å². The maximum atomic E-state index is 11.5. The zero-order chi connectivity index (χ0) is 10.8. The van der Waals surface area contributed by atoms with Crippen LogP contribution >= 0.6 is 0 Å². The van der Waals surface area contributed by atoms with Crippen molar-refractivity contribution in [3.8, 4) is 0 Å². The number of hydrogen-bond donors (Lipinski definition) is 0. The molecule has 2 aliphatic carbocycles. The van der Waals surface area contributed by atoms with Crippen LogP contribution in [0.4, 0.5) is 0 Å². The number of carbonyl (C=O) groups is 1. The summed E-state index contributed by atoms with van der Waals surface area (Å²) in [6.45, 7) is 2.09. The Bertz CT molecular complexity index is 309. The molecular formula is C11H16N2O2. The van der Waals surface area contributed by atoms with Gasteiger partial charge in [-0.2, -0.15) is 4.79 Å². The van der Waals surface area contributed by atoms with E-state index in [-0.39, 0.29) is 11.6 Å². The third-order valence-electron chi connectivity index (χ3n) is 3.56. The summed E-state index contributed by atoms with van der Waals surface area (Å²) in [5.74, 6) is 0.846. The van der Waals surface area contributed by atoms with Crippen LogP contribution in [0.1, 0.15) is 32.6 Å². The van der Waals surface area contributed by atoms with Gasteiger partial charge in [0, 0.05) is 0 Å². The van der Waals surface area contributed by atoms with Crippen molar-refractivity contribution in [2.45, 2.75) is 32.6 Å². The van der Waals surface area contributed by atoms with Crippen molar-refractivity contribution in [1.29, 1.82) is 0 Å². The highest BCUT2D eigenvalue weighted by Crippen LogP contribution is 2.55. The summed E-state index contributed by atoms with van der Waals surface area (Å²) in [5.41, 5.74) is 9.11. The number of fused-ring (bicyclic) bond motifs is 1. The highest BCUT2D eigenvalue weighted by Gasteiger charge is 2.59. The van der Waals surface area contributed by atoms with Gasteiger partial charge in [-0.3, -0.25) is 0 Å². The lowest BCUT2D eigenvalue weighted by Gasteiger charge is -2.04. The van der Waals surface area contributed by atoms with Crippen molar-refractivity contribution >= 4 is 11.7 Å². The van der Waals surface area contributed by atoms with Crippen LogP contribution in [-0.2, 0) is 9.53 Å². The Balaban J connectivity index is 2.03. The second-order valence-corrected chi connectivity index (χ2v) is 4.34. The largest absolute Gasteiger partial charge is 0.457 e. The van der Waals surface area contributed by atoms with E-state index >= 15 is 0 Å². The number of hydrogen-bond acceptors (Lipinski definition) is 2. The summed E-state index contributed by atoms with van der Waals surface area (Å²) >= 11 is 0. The second kappa shape index (κ2) is 4.15. The molecule has 0 spiro atoms. The molecule has 0 N–H and O–H groups in total. The van der Waals surface area contributed by atoms with Crippen molar-refractivity contribution in [3.63, 3.8) is 0 Å². The Morgan fingerprint density at radius 3 is 2.47 bits per heavy atom. The molecule has 82 valence electrons. The monoisotopic (exact) mass is 208 g/mol. The fourth-order valence-corrected chi connectivity index (χ4v) is 2.85. The zero-order valence-electron chi connectivity index (χ0n) is 8.98. The third-order valence-corrected chi connectivity index (χ3v) is 3.56. The van der Waals surface area contributed by atoms with Gasteiger partial charge in [0.05, 0.1) is 12.5 Å². The molecule has 4 heteroatoms. The molecule has 0 aromatic heterocycles. The summed E-state index contributed by atoms with van der Waals surface area (Å²) in [4.78, 5) is 14.6. The molecule has 0 aliphatic heterocycles. The predicted octanol–water partition coefficient (Wildman–Crippen LogP) is 1.66. The number of ether oxygens (including phenoxy) is 1. The molecular weight excluding hydrogens is 192 g/mol. The lowest BCUT2D eigenvalue weighted by Crippen LogP contribution is -2.21. The highest BCUT2D eigenvalue weighted by molar-refractivity contribution is 6.35. The number of esters is 1. The van der Waals surface area contributed by atoms with Crippen LogP contribution in [-0.4, -0.2) is 23.1 Å². The molecule has 2 atom stereocenters. The molecule has 0 aromatic carbocycles. The van der Waals surface area contributed by atoms with Gasteiger partial charge >= 0.3 is 11.7 Å². The number of nitrogens with zero attached hydrogens (tertiary/aromatic N) is 2. The van der Waals surface area contributed by atoms with Gasteiger partial charge in [0.2, 0.25) is 0 Å². The average molecular weight is 208 g/mol. The van der Waals surface area contributed by atoms with Gasteiger partial charge in [-0.05, 0) is 31.6 Å². The van der Waals surface area contributed by atoms with Gasteiger partial charge in [0.25, 0.3) is 0 Å². The first-order valence-corrected chi connectivity index (χ1v) is 5.68. The normalized spacial score (nSPS) is 32.5. The summed E-state index contributed by atoms with van der Waals surface area (Å²) in [5, 5.41) is 0. The lowest BCUT2D eigenvalue weighted by molar-refractivity contribution is -0.140. The van der Waals surface area contributed by atoms with E-state index in [2.05, 4.69) is 4.79 Å². The minimum Gasteiger partial charge on any atom is -0.457 e. The van der Waals surface area contributed by atoms with Crippen LogP contribution in [0.15, 0.2) is 0 Å². The first kappa shape index (κ1) is 10.4. The maximum Gasteiger partial charge on any atom is 0.417 e. The van der Waals surface area contributed by atoms with Gasteiger partial charge in [-0.15, -0.1) is 0 Å². The topological polar surface area (TPSA) is 62.7 Å². The van der Waals surface area contributed by atoms with E-state index in [0.29, 0.717) is 18.4 Å². The Labute approximate surface area is 89.2 Å². The molecule has 15 heavy (non-hydrogen) atoms. The van der Waals surface area contributed by atoms with Crippen molar-refractivity contribution in [2.75, 3.05) is 6.61 Å². The van der Waals surface area contributed by atoms with Crippen molar-refractivity contribution in [1.82, 2.24) is 0 Å². The number of rotatable bonds is 3. The van der Waals surface area contributed by atoms with Gasteiger partial charge in [0.1, 0.15) is 0 Å². The molecule has 2 rings (SSSR count). The second-order valence-electron chi connectivity index (χ2n) is 4.34. The minimum absolute atomic E-state index is 0.163. The molecule has 0 unspecified atom stereocenters. The quantitative estimate of drug-likeness (QED) is 0.306. The smallest absolute Gasteiger partial charge is 0.417 e. The van der Waals surface area contributed by atoms with Crippen LogP contribution in [0.2, 0.25) is 0 Å². The predicted molar refractivity (Wildman–Crippen MR) is 54.2 cm³/mol. The fourth-order valence-electron chi connectivity index (χ4n) is 2.85. The first-order valence-electron chi connectivity index (χ1n) is 5.68. The van der Waals surface area contributed by atoms with Crippen LogP contribution in [0, 0.1) is 17.8 Å². The molecule has 0 amide bonds. The summed E-state index contributed by atoms with van der Waals surface area (Å²) in [7, 11) is 0. The van der Waals surface area contributed by atoms with E-state index in [0.717, 1.165) is 12.8 Å². The molecule has 0 radical (unpaired) electrons. The molecule has 2 aliphatic rings. The first-order chi connectivity index (χ1) is 7.29. The van der Waals surface area contributed by atoms with Crippen molar-refractivity contribution < 1.29 is 14.3 Å². The average Bonchev–Trinajstić information content (AvgIpc) is 2.95. The van der Waals surface area contributed by atoms with Crippen LogP contribution in [0.5, 0.6) is 0 Å². The van der Waals surface area contributed by atoms with E-state index in [4.69, 9.17) is 10.3 Å². The van der Waals surface area contributed by atoms with Gasteiger partial charge < -0.3 is 10.3 Å². The summed E-state index contributed by atoms with van der Waals surface area (Å²) in [6.07, 6.45) is 4.79.